The van der Waals surface area contributed by atoms with Crippen LogP contribution in [0, 0.1) is 12.7 Å². The van der Waals surface area contributed by atoms with Gasteiger partial charge >= 0.3 is 0 Å². The Morgan fingerprint density at radius 1 is 1.22 bits per heavy atom. The first-order valence-corrected chi connectivity index (χ1v) is 6.82. The van der Waals surface area contributed by atoms with Crippen LogP contribution in [0.2, 0.25) is 0 Å². The van der Waals surface area contributed by atoms with Crippen molar-refractivity contribution in [3.05, 3.63) is 35.1 Å². The molecule has 0 unspecified atom stereocenters. The number of benzene rings is 1. The number of rotatable bonds is 2. The van der Waals surface area contributed by atoms with E-state index in [1.807, 2.05) is 19.1 Å². The van der Waals surface area contributed by atoms with E-state index in [1.54, 1.807) is 6.07 Å². The molecule has 3 rings (SSSR count). The fourth-order valence-corrected chi connectivity index (χ4v) is 2.97. The van der Waals surface area contributed by atoms with Gasteiger partial charge in [-0.15, -0.1) is 0 Å². The molecule has 0 spiro atoms. The van der Waals surface area contributed by atoms with Gasteiger partial charge in [0.25, 0.3) is 0 Å². The number of halogens is 1. The van der Waals surface area contributed by atoms with Crippen LogP contribution in [0.3, 0.4) is 0 Å². The molecule has 2 aliphatic rings. The van der Waals surface area contributed by atoms with Crippen molar-refractivity contribution >= 4 is 0 Å². The number of nitrogens with zero attached hydrogens (tertiary/aromatic N) is 1. The van der Waals surface area contributed by atoms with Crippen molar-refractivity contribution in [1.82, 2.24) is 4.90 Å². The van der Waals surface area contributed by atoms with Crippen molar-refractivity contribution in [3.8, 4) is 0 Å². The maximum absolute atomic E-state index is 13.9. The van der Waals surface area contributed by atoms with Crippen LogP contribution < -0.4 is 0 Å². The number of hydrogen-bond donors (Lipinski definition) is 0. The van der Waals surface area contributed by atoms with Gasteiger partial charge in [-0.25, -0.2) is 4.39 Å². The van der Waals surface area contributed by atoms with Crippen LogP contribution in [0.5, 0.6) is 0 Å². The topological polar surface area (TPSA) is 12.5 Å². The third kappa shape index (κ3) is 2.29. The molecule has 0 aliphatic carbocycles. The minimum absolute atomic E-state index is 0.0274. The van der Waals surface area contributed by atoms with E-state index in [0.717, 1.165) is 50.3 Å². The molecule has 1 aromatic rings. The Labute approximate surface area is 108 Å². The van der Waals surface area contributed by atoms with Gasteiger partial charge in [0.1, 0.15) is 5.82 Å². The van der Waals surface area contributed by atoms with E-state index in [0.29, 0.717) is 12.0 Å². The van der Waals surface area contributed by atoms with Gasteiger partial charge in [0.05, 0.1) is 19.3 Å². The zero-order valence-corrected chi connectivity index (χ0v) is 10.9. The molecule has 2 heterocycles. The smallest absolute Gasteiger partial charge is 0.126 e. The Morgan fingerprint density at radius 2 is 1.94 bits per heavy atom. The standard InChI is InChI=1S/C15H20FNO/c1-11-2-3-14(15(16)8-11)12-4-6-17(7-5-12)13-9-18-10-13/h2-3,8,12-13H,4-7,9-10H2,1H3. The predicted molar refractivity (Wildman–Crippen MR) is 69.3 cm³/mol. The van der Waals surface area contributed by atoms with Crippen molar-refractivity contribution in [3.63, 3.8) is 0 Å². The summed E-state index contributed by atoms with van der Waals surface area (Å²) in [5, 5.41) is 0. The molecule has 0 amide bonds. The second-order valence-corrected chi connectivity index (χ2v) is 5.53. The minimum atomic E-state index is -0.0274. The van der Waals surface area contributed by atoms with Gasteiger partial charge in [-0.05, 0) is 56.0 Å². The third-order valence-corrected chi connectivity index (χ3v) is 4.26. The van der Waals surface area contributed by atoms with Crippen LogP contribution in [0.4, 0.5) is 4.39 Å². The Morgan fingerprint density at radius 3 is 2.50 bits per heavy atom. The highest BCUT2D eigenvalue weighted by atomic mass is 19.1. The number of aryl methyl sites for hydroxylation is 1. The Bertz CT molecular complexity index is 423. The summed E-state index contributed by atoms with van der Waals surface area (Å²) in [4.78, 5) is 2.49. The number of hydrogen-bond acceptors (Lipinski definition) is 2. The molecule has 2 nitrogen and oxygen atoms in total. The Kier molecular flexibility index (Phi) is 3.35. The van der Waals surface area contributed by atoms with Gasteiger partial charge in [0, 0.05) is 0 Å². The highest BCUT2D eigenvalue weighted by Crippen LogP contribution is 2.31. The molecular weight excluding hydrogens is 229 g/mol. The van der Waals surface area contributed by atoms with Crippen LogP contribution in [0.25, 0.3) is 0 Å². The van der Waals surface area contributed by atoms with E-state index in [1.165, 1.54) is 0 Å². The molecule has 0 bridgehead atoms. The molecule has 18 heavy (non-hydrogen) atoms. The van der Waals surface area contributed by atoms with Crippen molar-refractivity contribution in [1.29, 1.82) is 0 Å². The first-order valence-electron chi connectivity index (χ1n) is 6.82. The molecule has 3 heteroatoms. The second-order valence-electron chi connectivity index (χ2n) is 5.53. The summed E-state index contributed by atoms with van der Waals surface area (Å²) in [6, 6.07) is 6.26. The zero-order valence-electron chi connectivity index (χ0n) is 10.9. The predicted octanol–water partition coefficient (Wildman–Crippen LogP) is 2.71. The van der Waals surface area contributed by atoms with Crippen molar-refractivity contribution in [2.24, 2.45) is 0 Å². The first-order chi connectivity index (χ1) is 8.74. The van der Waals surface area contributed by atoms with Gasteiger partial charge in [-0.3, -0.25) is 4.90 Å². The van der Waals surface area contributed by atoms with E-state index in [4.69, 9.17) is 4.74 Å². The fourth-order valence-electron chi connectivity index (χ4n) is 2.97. The average Bonchev–Trinajstić information content (AvgIpc) is 2.28. The van der Waals surface area contributed by atoms with E-state index >= 15 is 0 Å². The van der Waals surface area contributed by atoms with Gasteiger partial charge < -0.3 is 4.74 Å². The van der Waals surface area contributed by atoms with Gasteiger partial charge in [-0.1, -0.05) is 12.1 Å². The average molecular weight is 249 g/mol. The van der Waals surface area contributed by atoms with Crippen LogP contribution in [-0.2, 0) is 4.74 Å². The van der Waals surface area contributed by atoms with Crippen molar-refractivity contribution < 1.29 is 9.13 Å². The van der Waals surface area contributed by atoms with Crippen molar-refractivity contribution in [2.45, 2.75) is 31.7 Å². The molecule has 1 aromatic carbocycles. The van der Waals surface area contributed by atoms with Gasteiger partial charge in [0.15, 0.2) is 0 Å². The summed E-state index contributed by atoms with van der Waals surface area (Å²) in [5.74, 6) is 0.364. The summed E-state index contributed by atoms with van der Waals surface area (Å²) < 4.78 is 19.2. The van der Waals surface area contributed by atoms with Crippen molar-refractivity contribution in [2.75, 3.05) is 26.3 Å². The summed E-state index contributed by atoms with van der Waals surface area (Å²) in [5.41, 5.74) is 1.91. The molecule has 0 N–H and O–H groups in total. The normalized spacial score (nSPS) is 23.0. The van der Waals surface area contributed by atoms with E-state index in [2.05, 4.69) is 4.90 Å². The fraction of sp³-hybridized carbons (Fsp3) is 0.600. The molecule has 2 aliphatic heterocycles. The van der Waals surface area contributed by atoms with Gasteiger partial charge in [-0.2, -0.15) is 0 Å². The molecule has 2 saturated heterocycles. The van der Waals surface area contributed by atoms with E-state index < -0.39 is 0 Å². The first kappa shape index (κ1) is 12.1. The zero-order chi connectivity index (χ0) is 12.5. The Balaban J connectivity index is 1.64. The van der Waals surface area contributed by atoms with E-state index in [-0.39, 0.29) is 5.82 Å². The maximum atomic E-state index is 13.9. The summed E-state index contributed by atoms with van der Waals surface area (Å²) in [6.07, 6.45) is 2.13. The maximum Gasteiger partial charge on any atom is 0.126 e. The number of piperidine rings is 1. The summed E-state index contributed by atoms with van der Waals surface area (Å²) in [6.45, 7) is 5.84. The largest absolute Gasteiger partial charge is 0.378 e. The molecule has 0 saturated carbocycles. The highest BCUT2D eigenvalue weighted by Gasteiger charge is 2.30. The van der Waals surface area contributed by atoms with Crippen LogP contribution in [0.15, 0.2) is 18.2 Å². The Hall–Kier alpha value is -0.930. The monoisotopic (exact) mass is 249 g/mol. The second kappa shape index (κ2) is 4.98. The van der Waals surface area contributed by atoms with Gasteiger partial charge in [0.2, 0.25) is 0 Å². The lowest BCUT2D eigenvalue weighted by Crippen LogP contribution is -2.51. The van der Waals surface area contributed by atoms with E-state index in [9.17, 15) is 4.39 Å². The lowest BCUT2D eigenvalue weighted by atomic mass is 9.88. The highest BCUT2D eigenvalue weighted by molar-refractivity contribution is 5.27. The lowest BCUT2D eigenvalue weighted by molar-refractivity contribution is -0.0713. The molecule has 0 aromatic heterocycles. The molecule has 0 atom stereocenters. The van der Waals surface area contributed by atoms with Crippen LogP contribution in [-0.4, -0.2) is 37.2 Å². The summed E-state index contributed by atoms with van der Waals surface area (Å²) >= 11 is 0. The minimum Gasteiger partial charge on any atom is -0.378 e. The number of ether oxygens (including phenoxy) is 1. The van der Waals surface area contributed by atoms with Crippen LogP contribution in [0.1, 0.15) is 29.9 Å². The molecule has 0 radical (unpaired) electrons. The lowest BCUT2D eigenvalue weighted by Gasteiger charge is -2.41. The third-order valence-electron chi connectivity index (χ3n) is 4.26. The number of likely N-dealkylation sites (tertiary alicyclic amines) is 1. The van der Waals surface area contributed by atoms with Crippen LogP contribution >= 0.6 is 0 Å². The SMILES string of the molecule is Cc1ccc(C2CCN(C3COC3)CC2)c(F)c1. The molecular formula is C15H20FNO. The quantitative estimate of drug-likeness (QED) is 0.799. The molecule has 98 valence electrons. The molecule has 2 fully saturated rings. The summed E-state index contributed by atoms with van der Waals surface area (Å²) in [7, 11) is 0.